The minimum atomic E-state index is -0.562. The number of hydrogen-bond acceptors (Lipinski definition) is 6. The second kappa shape index (κ2) is 10.6. The van der Waals surface area contributed by atoms with Crippen molar-refractivity contribution in [2.75, 3.05) is 17.2 Å². The van der Waals surface area contributed by atoms with Gasteiger partial charge in [0.1, 0.15) is 16.9 Å². The van der Waals surface area contributed by atoms with Crippen LogP contribution in [-0.2, 0) is 11.2 Å². The van der Waals surface area contributed by atoms with Crippen molar-refractivity contribution in [1.29, 1.82) is 0 Å². The summed E-state index contributed by atoms with van der Waals surface area (Å²) in [6.45, 7) is 14.1. The van der Waals surface area contributed by atoms with Gasteiger partial charge in [-0.05, 0) is 65.5 Å². The Balaban J connectivity index is 2.36. The van der Waals surface area contributed by atoms with Crippen LogP contribution in [0.2, 0.25) is 0 Å². The van der Waals surface area contributed by atoms with Gasteiger partial charge in [-0.1, -0.05) is 35.8 Å². The second-order valence-corrected chi connectivity index (χ2v) is 10.6. The number of halogens is 1. The number of ketones is 1. The highest BCUT2D eigenvalue weighted by atomic mass is 79.9. The molecular weight excluding hydrogens is 472 g/mol. The molecule has 32 heavy (non-hydrogen) atoms. The van der Waals surface area contributed by atoms with E-state index in [-0.39, 0.29) is 11.1 Å². The Morgan fingerprint density at radius 2 is 1.81 bits per heavy atom. The number of nitrogens with zero attached hydrogens (tertiary/aromatic N) is 2. The second-order valence-electron chi connectivity index (χ2n) is 10.0. The van der Waals surface area contributed by atoms with Gasteiger partial charge in [0.25, 0.3) is 0 Å². The highest BCUT2D eigenvalue weighted by Crippen LogP contribution is 2.25. The first-order valence-corrected chi connectivity index (χ1v) is 12.1. The Labute approximate surface area is 199 Å². The molecule has 0 atom stereocenters. The standard InChI is InChI=1S/C24H35BrN4O3/c1-15(2)11-12-18-21(29-24(6,7)14-26-22(31)32-23(3,4)5)28-20-16(19(30)13-25)9-8-10-17(20)27-18/h8-10,15H,11-14H2,1-7H3,(H,26,31)(H,28,29). The Morgan fingerprint density at radius 1 is 1.12 bits per heavy atom. The van der Waals surface area contributed by atoms with Crippen molar-refractivity contribution in [2.45, 2.75) is 72.4 Å². The van der Waals surface area contributed by atoms with Gasteiger partial charge in [0.15, 0.2) is 5.78 Å². The summed E-state index contributed by atoms with van der Waals surface area (Å²) in [5, 5.41) is 6.47. The number of fused-ring (bicyclic) bond motifs is 1. The molecule has 0 radical (unpaired) electrons. The number of nitrogens with one attached hydrogen (secondary N) is 2. The van der Waals surface area contributed by atoms with Crippen molar-refractivity contribution in [3.8, 4) is 0 Å². The Kier molecular flexibility index (Phi) is 8.62. The molecule has 0 bridgehead atoms. The third-order valence-corrected chi connectivity index (χ3v) is 5.19. The van der Waals surface area contributed by atoms with Crippen molar-refractivity contribution in [3.05, 3.63) is 29.5 Å². The van der Waals surface area contributed by atoms with Crippen LogP contribution in [0.3, 0.4) is 0 Å². The molecule has 0 aliphatic heterocycles. The van der Waals surface area contributed by atoms with Crippen molar-refractivity contribution in [2.24, 2.45) is 5.92 Å². The molecule has 0 saturated heterocycles. The van der Waals surface area contributed by atoms with Crippen LogP contribution in [0.1, 0.15) is 70.9 Å². The van der Waals surface area contributed by atoms with E-state index in [0.29, 0.717) is 34.9 Å². The normalized spacial score (nSPS) is 12.2. The number of benzene rings is 1. The monoisotopic (exact) mass is 506 g/mol. The molecule has 176 valence electrons. The molecule has 8 heteroatoms. The molecule has 2 rings (SSSR count). The summed E-state index contributed by atoms with van der Waals surface area (Å²) in [7, 11) is 0. The topological polar surface area (TPSA) is 93.2 Å². The fraction of sp³-hybridized carbons (Fsp3) is 0.583. The first-order valence-electron chi connectivity index (χ1n) is 10.9. The van der Waals surface area contributed by atoms with E-state index in [2.05, 4.69) is 40.4 Å². The molecule has 1 amide bonds. The Morgan fingerprint density at radius 3 is 2.41 bits per heavy atom. The quantitative estimate of drug-likeness (QED) is 0.343. The summed E-state index contributed by atoms with van der Waals surface area (Å²) < 4.78 is 5.34. The number of amides is 1. The van der Waals surface area contributed by atoms with Crippen LogP contribution >= 0.6 is 15.9 Å². The lowest BCUT2D eigenvalue weighted by Gasteiger charge is -2.29. The van der Waals surface area contributed by atoms with Gasteiger partial charge < -0.3 is 15.4 Å². The maximum Gasteiger partial charge on any atom is 0.407 e. The summed E-state index contributed by atoms with van der Waals surface area (Å²) in [4.78, 5) is 34.2. The van der Waals surface area contributed by atoms with E-state index in [9.17, 15) is 9.59 Å². The first kappa shape index (κ1) is 26.0. The van der Waals surface area contributed by atoms with Crippen molar-refractivity contribution in [3.63, 3.8) is 0 Å². The van der Waals surface area contributed by atoms with Gasteiger partial charge in [0.2, 0.25) is 0 Å². The highest BCUT2D eigenvalue weighted by Gasteiger charge is 2.24. The molecule has 2 aromatic rings. The lowest BCUT2D eigenvalue weighted by atomic mass is 10.0. The van der Waals surface area contributed by atoms with Crippen LogP contribution in [0.15, 0.2) is 18.2 Å². The number of rotatable bonds is 9. The molecule has 0 aliphatic carbocycles. The number of hydrogen-bond donors (Lipinski definition) is 2. The zero-order chi connectivity index (χ0) is 24.1. The number of ether oxygens (including phenoxy) is 1. The number of alkyl carbamates (subject to hydrolysis) is 1. The zero-order valence-electron chi connectivity index (χ0n) is 20.1. The number of aromatic nitrogens is 2. The van der Waals surface area contributed by atoms with E-state index >= 15 is 0 Å². The van der Waals surface area contributed by atoms with Crippen LogP contribution in [0.4, 0.5) is 10.6 Å². The molecule has 0 saturated carbocycles. The number of Topliss-reactive ketones (excluding diaryl/α,β-unsaturated/α-hetero) is 1. The number of carbonyl (C=O) groups is 2. The van der Waals surface area contributed by atoms with Gasteiger partial charge in [0.05, 0.1) is 22.1 Å². The lowest BCUT2D eigenvalue weighted by molar-refractivity contribution is 0.0519. The van der Waals surface area contributed by atoms with Crippen LogP contribution in [0, 0.1) is 5.92 Å². The Bertz CT molecular complexity index is 968. The van der Waals surface area contributed by atoms with Crippen LogP contribution in [-0.4, -0.2) is 44.9 Å². The SMILES string of the molecule is CC(C)CCc1nc2cccc(C(=O)CBr)c2nc1NC(C)(C)CNC(=O)OC(C)(C)C. The van der Waals surface area contributed by atoms with Gasteiger partial charge >= 0.3 is 6.09 Å². The Hall–Kier alpha value is -2.22. The zero-order valence-corrected chi connectivity index (χ0v) is 21.7. The van der Waals surface area contributed by atoms with E-state index in [1.165, 1.54) is 0 Å². The number of anilines is 1. The molecule has 0 unspecified atom stereocenters. The molecule has 2 N–H and O–H groups in total. The highest BCUT2D eigenvalue weighted by molar-refractivity contribution is 9.09. The maximum absolute atomic E-state index is 12.4. The van der Waals surface area contributed by atoms with Gasteiger partial charge in [-0.15, -0.1) is 0 Å². The van der Waals surface area contributed by atoms with Gasteiger partial charge in [-0.3, -0.25) is 4.79 Å². The van der Waals surface area contributed by atoms with E-state index in [4.69, 9.17) is 14.7 Å². The molecule has 1 aromatic carbocycles. The maximum atomic E-state index is 12.4. The predicted octanol–water partition coefficient (Wildman–Crippen LogP) is 5.51. The number of para-hydroxylation sites is 1. The largest absolute Gasteiger partial charge is 0.444 e. The van der Waals surface area contributed by atoms with Crippen LogP contribution in [0.25, 0.3) is 11.0 Å². The van der Waals surface area contributed by atoms with Crippen molar-refractivity contribution < 1.29 is 14.3 Å². The average molecular weight is 507 g/mol. The first-order chi connectivity index (χ1) is 14.8. The third kappa shape index (κ3) is 7.73. The van der Waals surface area contributed by atoms with E-state index in [1.807, 2.05) is 46.8 Å². The molecule has 0 aliphatic rings. The molecule has 1 heterocycles. The van der Waals surface area contributed by atoms with E-state index in [1.54, 1.807) is 6.07 Å². The van der Waals surface area contributed by atoms with Gasteiger partial charge in [-0.25, -0.2) is 14.8 Å². The average Bonchev–Trinajstić information content (AvgIpc) is 2.68. The van der Waals surface area contributed by atoms with E-state index < -0.39 is 17.2 Å². The van der Waals surface area contributed by atoms with Crippen molar-refractivity contribution >= 4 is 44.7 Å². The molecule has 0 spiro atoms. The smallest absolute Gasteiger partial charge is 0.407 e. The molecule has 1 aromatic heterocycles. The summed E-state index contributed by atoms with van der Waals surface area (Å²) in [5.74, 6) is 1.10. The minimum absolute atomic E-state index is 0.0448. The minimum Gasteiger partial charge on any atom is -0.444 e. The summed E-state index contributed by atoms with van der Waals surface area (Å²) >= 11 is 3.25. The number of alkyl halides is 1. The molecule has 0 fully saturated rings. The van der Waals surface area contributed by atoms with Gasteiger partial charge in [0, 0.05) is 12.1 Å². The fourth-order valence-corrected chi connectivity index (χ4v) is 3.38. The summed E-state index contributed by atoms with van der Waals surface area (Å²) in [5.41, 5.74) is 1.57. The van der Waals surface area contributed by atoms with Gasteiger partial charge in [-0.2, -0.15) is 0 Å². The summed E-state index contributed by atoms with van der Waals surface area (Å²) in [6.07, 6.45) is 1.25. The number of aryl methyl sites for hydroxylation is 1. The lowest BCUT2D eigenvalue weighted by Crippen LogP contribution is -2.46. The third-order valence-electron chi connectivity index (χ3n) is 4.68. The predicted molar refractivity (Wildman–Crippen MR) is 133 cm³/mol. The van der Waals surface area contributed by atoms with Crippen LogP contribution in [0.5, 0.6) is 0 Å². The summed E-state index contributed by atoms with van der Waals surface area (Å²) in [6, 6.07) is 5.49. The molecule has 7 nitrogen and oxygen atoms in total. The molecular formula is C24H35BrN4O3. The number of carbonyl (C=O) groups excluding carboxylic acids is 2. The van der Waals surface area contributed by atoms with Crippen LogP contribution < -0.4 is 10.6 Å². The fourth-order valence-electron chi connectivity index (χ4n) is 3.08. The van der Waals surface area contributed by atoms with E-state index in [0.717, 1.165) is 18.5 Å². The van der Waals surface area contributed by atoms with Crippen molar-refractivity contribution in [1.82, 2.24) is 15.3 Å².